The number of rotatable bonds is 1. The van der Waals surface area contributed by atoms with Crippen LogP contribution in [0.1, 0.15) is 39.0 Å². The van der Waals surface area contributed by atoms with Gasteiger partial charge in [0.2, 0.25) is 0 Å². The quantitative estimate of drug-likeness (QED) is 0.530. The molecule has 0 atom stereocenters. The van der Waals surface area contributed by atoms with Gasteiger partial charge in [-0.1, -0.05) is 13.3 Å². The second-order valence-corrected chi connectivity index (χ2v) is 3.23. The summed E-state index contributed by atoms with van der Waals surface area (Å²) in [7, 11) is 0. The highest BCUT2D eigenvalue weighted by molar-refractivity contribution is 4.63. The van der Waals surface area contributed by atoms with Crippen LogP contribution in [0, 0.1) is 5.92 Å². The summed E-state index contributed by atoms with van der Waals surface area (Å²) in [5.74, 6) is 1.01. The van der Waals surface area contributed by atoms with Gasteiger partial charge in [0, 0.05) is 13.1 Å². The molecule has 10 heavy (non-hydrogen) atoms. The molecule has 1 radical (unpaired) electrons. The van der Waals surface area contributed by atoms with Crippen LogP contribution in [0.3, 0.4) is 0 Å². The van der Waals surface area contributed by atoms with E-state index in [4.69, 9.17) is 0 Å². The van der Waals surface area contributed by atoms with Gasteiger partial charge in [-0.25, -0.2) is 5.32 Å². The van der Waals surface area contributed by atoms with Crippen molar-refractivity contribution < 1.29 is 0 Å². The van der Waals surface area contributed by atoms with Gasteiger partial charge in [0.05, 0.1) is 0 Å². The highest BCUT2D eigenvalue weighted by Crippen LogP contribution is 2.18. The van der Waals surface area contributed by atoms with Crippen LogP contribution in [0.25, 0.3) is 0 Å². The second kappa shape index (κ2) is 4.73. The van der Waals surface area contributed by atoms with Crippen LogP contribution in [-0.2, 0) is 0 Å². The molecule has 1 fully saturated rings. The first-order valence-electron chi connectivity index (χ1n) is 4.56. The minimum absolute atomic E-state index is 1.01. The summed E-state index contributed by atoms with van der Waals surface area (Å²) in [5.41, 5.74) is 0. The van der Waals surface area contributed by atoms with Crippen LogP contribution in [0.4, 0.5) is 0 Å². The van der Waals surface area contributed by atoms with E-state index < -0.39 is 0 Å². The Bertz CT molecular complexity index is 72.8. The molecule has 0 bridgehead atoms. The smallest absolute Gasteiger partial charge is 0.0133 e. The van der Waals surface area contributed by atoms with Gasteiger partial charge in [-0.3, -0.25) is 0 Å². The van der Waals surface area contributed by atoms with E-state index in [0.717, 1.165) is 19.0 Å². The van der Waals surface area contributed by atoms with Gasteiger partial charge in [0.1, 0.15) is 0 Å². The molecule has 0 aromatic carbocycles. The SMILES string of the molecule is CCC1CCC[N]CCC1. The highest BCUT2D eigenvalue weighted by Gasteiger charge is 2.07. The molecule has 1 rings (SSSR count). The zero-order chi connectivity index (χ0) is 7.23. The minimum Gasteiger partial charge on any atom is -0.242 e. The molecule has 1 heteroatoms. The summed E-state index contributed by atoms with van der Waals surface area (Å²) in [6.45, 7) is 4.55. The predicted octanol–water partition coefficient (Wildman–Crippen LogP) is 2.19. The maximum atomic E-state index is 4.40. The highest BCUT2D eigenvalue weighted by atomic mass is 14.8. The van der Waals surface area contributed by atoms with Crippen molar-refractivity contribution in [3.63, 3.8) is 0 Å². The largest absolute Gasteiger partial charge is 0.242 e. The van der Waals surface area contributed by atoms with Crippen molar-refractivity contribution in [2.45, 2.75) is 39.0 Å². The average Bonchev–Trinajstić information content (AvgIpc) is 1.87. The fourth-order valence-electron chi connectivity index (χ4n) is 1.65. The Kier molecular flexibility index (Phi) is 3.81. The normalized spacial score (nSPS) is 23.7. The first kappa shape index (κ1) is 8.06. The maximum absolute atomic E-state index is 4.40. The first-order chi connectivity index (χ1) is 4.93. The lowest BCUT2D eigenvalue weighted by Crippen LogP contribution is -2.15. The van der Waals surface area contributed by atoms with Crippen molar-refractivity contribution in [2.75, 3.05) is 13.1 Å². The van der Waals surface area contributed by atoms with Gasteiger partial charge in [-0.05, 0) is 31.6 Å². The predicted molar refractivity (Wildman–Crippen MR) is 44.1 cm³/mol. The first-order valence-corrected chi connectivity index (χ1v) is 4.56. The average molecular weight is 140 g/mol. The Balaban J connectivity index is 2.16. The lowest BCUT2D eigenvalue weighted by atomic mass is 9.94. The van der Waals surface area contributed by atoms with E-state index in [1.807, 2.05) is 0 Å². The molecule has 0 unspecified atom stereocenters. The lowest BCUT2D eigenvalue weighted by Gasteiger charge is -2.17. The van der Waals surface area contributed by atoms with Gasteiger partial charge in [-0.2, -0.15) is 0 Å². The summed E-state index contributed by atoms with van der Waals surface area (Å²) in [6.07, 6.45) is 6.87. The zero-order valence-electron chi connectivity index (χ0n) is 6.97. The molecule has 1 heterocycles. The second-order valence-electron chi connectivity index (χ2n) is 3.23. The molecule has 0 aromatic heterocycles. The van der Waals surface area contributed by atoms with E-state index >= 15 is 0 Å². The molecule has 59 valence electrons. The van der Waals surface area contributed by atoms with Crippen molar-refractivity contribution in [3.8, 4) is 0 Å². The van der Waals surface area contributed by atoms with E-state index in [0.29, 0.717) is 0 Å². The lowest BCUT2D eigenvalue weighted by molar-refractivity contribution is 0.375. The summed E-state index contributed by atoms with van der Waals surface area (Å²) in [4.78, 5) is 0. The Labute approximate surface area is 64.2 Å². The Morgan fingerprint density at radius 2 is 1.80 bits per heavy atom. The van der Waals surface area contributed by atoms with Crippen LogP contribution in [0.5, 0.6) is 0 Å². The van der Waals surface area contributed by atoms with Gasteiger partial charge in [-0.15, -0.1) is 0 Å². The van der Waals surface area contributed by atoms with Crippen molar-refractivity contribution in [2.24, 2.45) is 5.92 Å². The van der Waals surface area contributed by atoms with E-state index in [-0.39, 0.29) is 0 Å². The molecule has 1 aliphatic rings. The van der Waals surface area contributed by atoms with E-state index in [2.05, 4.69) is 12.2 Å². The molecule has 0 N–H and O–H groups in total. The van der Waals surface area contributed by atoms with Crippen molar-refractivity contribution in [1.82, 2.24) is 5.32 Å². The van der Waals surface area contributed by atoms with Gasteiger partial charge in [0.15, 0.2) is 0 Å². The van der Waals surface area contributed by atoms with Crippen molar-refractivity contribution >= 4 is 0 Å². The zero-order valence-corrected chi connectivity index (χ0v) is 6.97. The molecule has 0 aromatic rings. The Morgan fingerprint density at radius 1 is 1.20 bits per heavy atom. The topological polar surface area (TPSA) is 14.1 Å². The van der Waals surface area contributed by atoms with E-state index in [9.17, 15) is 0 Å². The third-order valence-corrected chi connectivity index (χ3v) is 2.43. The Hall–Kier alpha value is -0.0400. The van der Waals surface area contributed by atoms with Crippen molar-refractivity contribution in [3.05, 3.63) is 0 Å². The fourth-order valence-corrected chi connectivity index (χ4v) is 1.65. The molecule has 1 nitrogen and oxygen atoms in total. The van der Waals surface area contributed by atoms with Gasteiger partial charge < -0.3 is 0 Å². The molecular formula is C9H18N. The molecule has 0 amide bonds. The summed E-state index contributed by atoms with van der Waals surface area (Å²) in [5, 5.41) is 4.40. The summed E-state index contributed by atoms with van der Waals surface area (Å²) < 4.78 is 0. The summed E-state index contributed by atoms with van der Waals surface area (Å²) >= 11 is 0. The molecule has 0 spiro atoms. The molecule has 1 aliphatic heterocycles. The molecule has 1 saturated heterocycles. The minimum atomic E-state index is 1.01. The Morgan fingerprint density at radius 3 is 2.30 bits per heavy atom. The van der Waals surface area contributed by atoms with Crippen LogP contribution in [0.15, 0.2) is 0 Å². The standard InChI is InChI=1S/C9H18N/c1-2-9-5-3-7-10-8-4-6-9/h9H,2-8H2,1H3. The van der Waals surface area contributed by atoms with Crippen LogP contribution in [0.2, 0.25) is 0 Å². The van der Waals surface area contributed by atoms with Crippen LogP contribution < -0.4 is 5.32 Å². The molecule has 0 saturated carbocycles. The van der Waals surface area contributed by atoms with Gasteiger partial charge in [0.25, 0.3) is 0 Å². The van der Waals surface area contributed by atoms with Crippen LogP contribution >= 0.6 is 0 Å². The van der Waals surface area contributed by atoms with Crippen molar-refractivity contribution in [1.29, 1.82) is 0 Å². The summed E-state index contributed by atoms with van der Waals surface area (Å²) in [6, 6.07) is 0. The third-order valence-electron chi connectivity index (χ3n) is 2.43. The van der Waals surface area contributed by atoms with E-state index in [1.165, 1.54) is 32.1 Å². The molecule has 0 aliphatic carbocycles. The third kappa shape index (κ3) is 2.70. The fraction of sp³-hybridized carbons (Fsp3) is 1.00. The molecular weight excluding hydrogens is 122 g/mol. The van der Waals surface area contributed by atoms with E-state index in [1.54, 1.807) is 0 Å². The monoisotopic (exact) mass is 140 g/mol. The number of hydrogen-bond donors (Lipinski definition) is 0. The number of nitrogens with zero attached hydrogens (tertiary/aromatic N) is 1. The maximum Gasteiger partial charge on any atom is 0.0133 e. The number of hydrogen-bond acceptors (Lipinski definition) is 0. The van der Waals surface area contributed by atoms with Crippen LogP contribution in [-0.4, -0.2) is 13.1 Å². The van der Waals surface area contributed by atoms with Gasteiger partial charge >= 0.3 is 0 Å².